The summed E-state index contributed by atoms with van der Waals surface area (Å²) >= 11 is 0. The highest BCUT2D eigenvalue weighted by Crippen LogP contribution is 2.07. The monoisotopic (exact) mass is 103 g/mol. The normalized spacial score (nSPS) is 17.4. The molecule has 0 saturated carbocycles. The molecule has 0 aromatic rings. The second-order valence-electron chi connectivity index (χ2n) is 1.22. The molecular weight excluding hydrogens is 97.0 g/mol. The zero-order valence-corrected chi connectivity index (χ0v) is 3.98. The Morgan fingerprint density at radius 2 is 2.43 bits per heavy atom. The van der Waals surface area contributed by atoms with Gasteiger partial charge < -0.3 is 5.11 Å². The fourth-order valence-electron chi connectivity index (χ4n) is 0.0791. The number of rotatable bonds is 1. The molecule has 7 heavy (non-hydrogen) atoms. The Kier molecular flexibility index (Phi) is 1.73. The molecule has 0 heterocycles. The molecule has 0 radical (unpaired) electrons. The molecule has 0 spiro atoms. The van der Waals surface area contributed by atoms with E-state index in [0.717, 1.165) is 6.07 Å². The third-order valence-electron chi connectivity index (χ3n) is 0.640. The van der Waals surface area contributed by atoms with Gasteiger partial charge in [-0.1, -0.05) is 6.92 Å². The Hall–Kier alpha value is -0.620. The summed E-state index contributed by atoms with van der Waals surface area (Å²) in [6.45, 7) is 1.39. The minimum absolute atomic E-state index is 0.177. The summed E-state index contributed by atoms with van der Waals surface area (Å²) in [6, 6.07) is 1.08. The third kappa shape index (κ3) is 2.12. The second kappa shape index (κ2) is 1.90. The first-order valence-corrected chi connectivity index (χ1v) is 1.95. The van der Waals surface area contributed by atoms with Crippen LogP contribution in [0.2, 0.25) is 0 Å². The molecule has 0 saturated heterocycles. The van der Waals surface area contributed by atoms with Crippen molar-refractivity contribution in [3.63, 3.8) is 0 Å². The molecule has 0 aromatic carbocycles. The van der Waals surface area contributed by atoms with Crippen molar-refractivity contribution < 1.29 is 9.50 Å². The van der Waals surface area contributed by atoms with Crippen LogP contribution >= 0.6 is 0 Å². The average Bonchev–Trinajstić information content (AvgIpc) is 1.68. The highest BCUT2D eigenvalue weighted by molar-refractivity contribution is 4.88. The summed E-state index contributed by atoms with van der Waals surface area (Å²) in [5.74, 6) is -2.61. The van der Waals surface area contributed by atoms with Crippen LogP contribution in [0.25, 0.3) is 0 Å². The van der Waals surface area contributed by atoms with Crippen LogP contribution in [0, 0.1) is 11.3 Å². The quantitative estimate of drug-likeness (QED) is 0.493. The first-order chi connectivity index (χ1) is 3.12. The molecule has 1 atom stereocenters. The number of nitrogens with zero attached hydrogens (tertiary/aromatic N) is 1. The zero-order valence-electron chi connectivity index (χ0n) is 3.98. The summed E-state index contributed by atoms with van der Waals surface area (Å²) in [5, 5.41) is 15.8. The number of alkyl halides is 1. The topological polar surface area (TPSA) is 44.0 Å². The van der Waals surface area contributed by atoms with Crippen molar-refractivity contribution in [3.05, 3.63) is 0 Å². The maximum Gasteiger partial charge on any atom is 0.294 e. The molecule has 0 bridgehead atoms. The van der Waals surface area contributed by atoms with Crippen molar-refractivity contribution in [2.45, 2.75) is 19.2 Å². The van der Waals surface area contributed by atoms with Crippen LogP contribution in [-0.4, -0.2) is 11.0 Å². The second-order valence-corrected chi connectivity index (χ2v) is 1.22. The van der Waals surface area contributed by atoms with Gasteiger partial charge in [-0.2, -0.15) is 9.65 Å². The van der Waals surface area contributed by atoms with Crippen LogP contribution in [-0.2, 0) is 0 Å². The summed E-state index contributed by atoms with van der Waals surface area (Å²) in [5.41, 5.74) is 0. The summed E-state index contributed by atoms with van der Waals surface area (Å²) in [4.78, 5) is 0. The van der Waals surface area contributed by atoms with E-state index in [0.29, 0.717) is 0 Å². The average molecular weight is 103 g/mol. The molecule has 3 heteroatoms. The Labute approximate surface area is 41.2 Å². The van der Waals surface area contributed by atoms with Crippen LogP contribution in [0.1, 0.15) is 13.3 Å². The van der Waals surface area contributed by atoms with Crippen molar-refractivity contribution in [1.29, 1.82) is 5.26 Å². The predicted octanol–water partition coefficient (Wildman–Crippen LogP) is 0.578. The summed E-state index contributed by atoms with van der Waals surface area (Å²) < 4.78 is 11.7. The van der Waals surface area contributed by atoms with Crippen LogP contribution < -0.4 is 0 Å². The van der Waals surface area contributed by atoms with E-state index in [4.69, 9.17) is 10.4 Å². The molecule has 0 aliphatic rings. The lowest BCUT2D eigenvalue weighted by Crippen LogP contribution is -2.16. The van der Waals surface area contributed by atoms with E-state index in [1.165, 1.54) is 6.92 Å². The number of hydrogen-bond donors (Lipinski definition) is 1. The highest BCUT2D eigenvalue weighted by atomic mass is 19.2. The Morgan fingerprint density at radius 1 is 2.00 bits per heavy atom. The van der Waals surface area contributed by atoms with Crippen molar-refractivity contribution in [2.24, 2.45) is 0 Å². The van der Waals surface area contributed by atoms with Crippen LogP contribution in [0.5, 0.6) is 0 Å². The maximum absolute atomic E-state index is 11.7. The van der Waals surface area contributed by atoms with Crippen LogP contribution in [0.3, 0.4) is 0 Å². The SMILES string of the molecule is CCC(O)(F)C#N. The van der Waals surface area contributed by atoms with Gasteiger partial charge in [0.2, 0.25) is 0 Å². The van der Waals surface area contributed by atoms with E-state index in [-0.39, 0.29) is 6.42 Å². The van der Waals surface area contributed by atoms with Gasteiger partial charge in [0, 0.05) is 6.42 Å². The molecule has 2 nitrogen and oxygen atoms in total. The molecule has 0 amide bonds. The van der Waals surface area contributed by atoms with Gasteiger partial charge in [0.1, 0.15) is 6.07 Å². The van der Waals surface area contributed by atoms with E-state index in [2.05, 4.69) is 0 Å². The lowest BCUT2D eigenvalue weighted by molar-refractivity contribution is -0.0359. The van der Waals surface area contributed by atoms with E-state index < -0.39 is 5.85 Å². The number of hydrogen-bond acceptors (Lipinski definition) is 2. The Balaban J connectivity index is 3.66. The van der Waals surface area contributed by atoms with Gasteiger partial charge in [-0.15, -0.1) is 0 Å². The molecule has 0 rings (SSSR count). The first-order valence-electron chi connectivity index (χ1n) is 1.95. The van der Waals surface area contributed by atoms with E-state index in [1.54, 1.807) is 0 Å². The molecule has 0 aliphatic carbocycles. The van der Waals surface area contributed by atoms with E-state index >= 15 is 0 Å². The van der Waals surface area contributed by atoms with Gasteiger partial charge in [-0.25, -0.2) is 0 Å². The van der Waals surface area contributed by atoms with Gasteiger partial charge >= 0.3 is 0 Å². The van der Waals surface area contributed by atoms with E-state index in [9.17, 15) is 4.39 Å². The lowest BCUT2D eigenvalue weighted by Gasteiger charge is -2.02. The molecule has 0 aliphatic heterocycles. The minimum atomic E-state index is -2.61. The number of halogens is 1. The lowest BCUT2D eigenvalue weighted by atomic mass is 10.3. The minimum Gasteiger partial charge on any atom is -0.351 e. The number of aliphatic hydroxyl groups is 1. The number of nitriles is 1. The maximum atomic E-state index is 11.7. The standard InChI is InChI=1S/C4H6FNO/c1-2-4(5,7)3-6/h7H,2H2,1H3. The molecule has 0 aromatic heterocycles. The van der Waals surface area contributed by atoms with Gasteiger partial charge in [-0.3, -0.25) is 0 Å². The molecule has 1 N–H and O–H groups in total. The van der Waals surface area contributed by atoms with Gasteiger partial charge in [0.15, 0.2) is 0 Å². The van der Waals surface area contributed by atoms with E-state index in [1.807, 2.05) is 0 Å². The van der Waals surface area contributed by atoms with Crippen molar-refractivity contribution in [2.75, 3.05) is 0 Å². The third-order valence-corrected chi connectivity index (χ3v) is 0.640. The fraction of sp³-hybridized carbons (Fsp3) is 0.750. The van der Waals surface area contributed by atoms with Gasteiger partial charge in [0.05, 0.1) is 0 Å². The smallest absolute Gasteiger partial charge is 0.294 e. The van der Waals surface area contributed by atoms with Crippen molar-refractivity contribution in [3.8, 4) is 6.07 Å². The molecule has 0 fully saturated rings. The first kappa shape index (κ1) is 6.38. The Bertz CT molecular complexity index is 94.4. The Morgan fingerprint density at radius 3 is 2.43 bits per heavy atom. The highest BCUT2D eigenvalue weighted by Gasteiger charge is 2.20. The summed E-state index contributed by atoms with van der Waals surface area (Å²) in [7, 11) is 0. The molecular formula is C4H6FNO. The summed E-state index contributed by atoms with van der Waals surface area (Å²) in [6.07, 6.45) is -0.177. The van der Waals surface area contributed by atoms with Crippen molar-refractivity contribution >= 4 is 0 Å². The largest absolute Gasteiger partial charge is 0.351 e. The molecule has 1 unspecified atom stereocenters. The predicted molar refractivity (Wildman–Crippen MR) is 22.0 cm³/mol. The zero-order chi connectivity index (χ0) is 5.91. The van der Waals surface area contributed by atoms with Gasteiger partial charge in [-0.05, 0) is 0 Å². The van der Waals surface area contributed by atoms with Crippen molar-refractivity contribution in [1.82, 2.24) is 0 Å². The fourth-order valence-corrected chi connectivity index (χ4v) is 0.0791. The van der Waals surface area contributed by atoms with Crippen LogP contribution in [0.15, 0.2) is 0 Å². The molecule has 40 valence electrons. The van der Waals surface area contributed by atoms with Crippen LogP contribution in [0.4, 0.5) is 4.39 Å². The van der Waals surface area contributed by atoms with Gasteiger partial charge in [0.25, 0.3) is 5.85 Å².